The summed E-state index contributed by atoms with van der Waals surface area (Å²) >= 11 is 0. The Morgan fingerprint density at radius 1 is 1.17 bits per heavy atom. The van der Waals surface area contributed by atoms with Gasteiger partial charge in [0.1, 0.15) is 5.60 Å². The Morgan fingerprint density at radius 3 is 2.50 bits per heavy atom. The van der Waals surface area contributed by atoms with Crippen molar-refractivity contribution < 1.29 is 45.8 Å². The van der Waals surface area contributed by atoms with Crippen LogP contribution in [0.3, 0.4) is 0 Å². The first kappa shape index (κ1) is 33.4. The number of hydrogen-bond acceptors (Lipinski definition) is 7. The van der Waals surface area contributed by atoms with Crippen LogP contribution in [0.1, 0.15) is 56.0 Å². The first-order valence-corrected chi connectivity index (χ1v) is 16.2. The number of nitrogens with zero attached hydrogens (tertiary/aromatic N) is 4. The Labute approximate surface area is 264 Å². The Bertz CT molecular complexity index is 1620. The van der Waals surface area contributed by atoms with E-state index in [1.807, 2.05) is 0 Å². The van der Waals surface area contributed by atoms with Gasteiger partial charge in [-0.1, -0.05) is 30.3 Å². The van der Waals surface area contributed by atoms with Crippen LogP contribution in [0.15, 0.2) is 42.6 Å². The van der Waals surface area contributed by atoms with Gasteiger partial charge in [-0.15, -0.1) is 0 Å². The van der Waals surface area contributed by atoms with E-state index in [0.29, 0.717) is 15.6 Å². The molecule has 0 radical (unpaired) electrons. The average Bonchev–Trinajstić information content (AvgIpc) is 3.49. The summed E-state index contributed by atoms with van der Waals surface area (Å²) < 4.78 is 74.6. The zero-order valence-corrected chi connectivity index (χ0v) is 26.4. The number of ether oxygens (including phenoxy) is 1. The van der Waals surface area contributed by atoms with Crippen LogP contribution < -0.4 is 5.32 Å². The smallest absolute Gasteiger partial charge is 0.422 e. The van der Waals surface area contributed by atoms with Gasteiger partial charge in [0.15, 0.2) is 0 Å². The predicted octanol–water partition coefficient (Wildman–Crippen LogP) is 4.02. The molecule has 0 unspecified atom stereocenters. The summed E-state index contributed by atoms with van der Waals surface area (Å²) in [6, 6.07) is 8.60. The molecule has 0 bridgehead atoms. The molecule has 1 saturated carbocycles. The Balaban J connectivity index is 1.44. The lowest BCUT2D eigenvalue weighted by Crippen LogP contribution is -2.51. The van der Waals surface area contributed by atoms with E-state index in [9.17, 15) is 41.1 Å². The van der Waals surface area contributed by atoms with Crippen molar-refractivity contribution in [2.24, 2.45) is 11.3 Å². The number of benzene rings is 1. The van der Waals surface area contributed by atoms with Gasteiger partial charge in [-0.05, 0) is 56.7 Å². The summed E-state index contributed by atoms with van der Waals surface area (Å²) in [5.74, 6) is -1.10. The van der Waals surface area contributed by atoms with E-state index < -0.39 is 69.6 Å². The lowest BCUT2D eigenvalue weighted by atomic mass is 9.78. The number of fused-ring (bicyclic) bond motifs is 2. The number of carboxylic acid groups (broad SMARTS) is 1. The molecule has 46 heavy (non-hydrogen) atoms. The molecule has 1 aromatic carbocycles. The predicted molar refractivity (Wildman–Crippen MR) is 157 cm³/mol. The summed E-state index contributed by atoms with van der Waals surface area (Å²) in [5, 5.41) is 12.7. The molecular weight excluding hydrogens is 631 g/mol. The highest BCUT2D eigenvalue weighted by atomic mass is 32.2. The highest BCUT2D eigenvalue weighted by Crippen LogP contribution is 2.51. The van der Waals surface area contributed by atoms with Crippen LogP contribution in [0.4, 0.5) is 22.8 Å². The van der Waals surface area contributed by atoms with E-state index in [4.69, 9.17) is 4.74 Å². The Hall–Kier alpha value is -3.92. The average molecular weight is 668 g/mol. The highest BCUT2D eigenvalue weighted by Gasteiger charge is 2.61. The van der Waals surface area contributed by atoms with Crippen molar-refractivity contribution in [3.63, 3.8) is 0 Å². The Morgan fingerprint density at radius 2 is 1.87 bits per heavy atom. The van der Waals surface area contributed by atoms with Crippen molar-refractivity contribution in [3.05, 3.63) is 65.0 Å². The van der Waals surface area contributed by atoms with Gasteiger partial charge in [0.25, 0.3) is 0 Å². The van der Waals surface area contributed by atoms with Crippen LogP contribution in [0.2, 0.25) is 0 Å². The largest absolute Gasteiger partial charge is 0.464 e. The maximum atomic E-state index is 14.4. The lowest BCUT2D eigenvalue weighted by molar-refractivity contribution is -0.143. The van der Waals surface area contributed by atoms with Crippen LogP contribution in [0.25, 0.3) is 0 Å². The molecule has 16 heteroatoms. The standard InChI is InChI=1S/C30H36F3N5O7S/c1-28(2,3)45-26(40)35-23-12-22-17-37(46(43,44)38(27(41)42)15-19-7-5-4-6-8-19)18-29(22,13-23)25(39)36-10-9-24-20(16-36)11-21(14-34-24)30(31,32)33/h4-8,11,14,22-23H,9-10,12-13,15-18H2,1-3H3,(H,35,40)(H,41,42)/t22-,23+,29-/m0/s1. The van der Waals surface area contributed by atoms with Gasteiger partial charge >= 0.3 is 28.6 Å². The zero-order chi connectivity index (χ0) is 33.7. The molecule has 1 aromatic heterocycles. The molecule has 1 saturated heterocycles. The van der Waals surface area contributed by atoms with Crippen LogP contribution in [-0.4, -0.2) is 81.4 Å². The molecule has 3 heterocycles. The van der Waals surface area contributed by atoms with Crippen molar-refractivity contribution >= 4 is 28.3 Å². The molecule has 2 aliphatic heterocycles. The van der Waals surface area contributed by atoms with Crippen LogP contribution in [-0.2, 0) is 45.4 Å². The third-order valence-electron chi connectivity index (χ3n) is 8.63. The summed E-state index contributed by atoms with van der Waals surface area (Å²) in [5.41, 5.74) is -1.98. The maximum Gasteiger partial charge on any atom is 0.422 e. The van der Waals surface area contributed by atoms with E-state index in [1.165, 1.54) is 4.90 Å². The number of rotatable bonds is 6. The highest BCUT2D eigenvalue weighted by molar-refractivity contribution is 7.87. The third kappa shape index (κ3) is 6.77. The molecule has 5 rings (SSSR count). The number of alkyl carbamates (subject to hydrolysis) is 1. The number of halogens is 3. The molecule has 2 N–H and O–H groups in total. The van der Waals surface area contributed by atoms with Gasteiger partial charge < -0.3 is 20.1 Å². The van der Waals surface area contributed by atoms with Gasteiger partial charge in [0.05, 0.1) is 17.5 Å². The third-order valence-corrected chi connectivity index (χ3v) is 10.4. The molecule has 1 aliphatic carbocycles. The summed E-state index contributed by atoms with van der Waals surface area (Å²) in [7, 11) is -4.63. The Kier molecular flexibility index (Phi) is 8.74. The fourth-order valence-electron chi connectivity index (χ4n) is 6.62. The van der Waals surface area contributed by atoms with Crippen LogP contribution in [0, 0.1) is 11.3 Å². The molecule has 3 amide bonds. The first-order chi connectivity index (χ1) is 21.4. The van der Waals surface area contributed by atoms with E-state index >= 15 is 0 Å². The fraction of sp³-hybridized carbons (Fsp3) is 0.533. The van der Waals surface area contributed by atoms with Gasteiger partial charge in [-0.25, -0.2) is 9.59 Å². The van der Waals surface area contributed by atoms with E-state index in [-0.39, 0.29) is 51.0 Å². The number of alkyl halides is 3. The molecule has 3 atom stereocenters. The second-order valence-electron chi connectivity index (χ2n) is 13.0. The van der Waals surface area contributed by atoms with E-state index in [1.54, 1.807) is 51.1 Å². The van der Waals surface area contributed by atoms with Gasteiger partial charge in [-0.2, -0.15) is 30.2 Å². The minimum atomic E-state index is -4.63. The zero-order valence-electron chi connectivity index (χ0n) is 25.6. The number of nitrogens with one attached hydrogen (secondary N) is 1. The van der Waals surface area contributed by atoms with Crippen LogP contribution in [0.5, 0.6) is 0 Å². The van der Waals surface area contributed by atoms with E-state index in [2.05, 4.69) is 10.3 Å². The van der Waals surface area contributed by atoms with Crippen molar-refractivity contribution in [3.8, 4) is 0 Å². The molecule has 12 nitrogen and oxygen atoms in total. The topological polar surface area (TPSA) is 149 Å². The lowest BCUT2D eigenvalue weighted by Gasteiger charge is -2.37. The maximum absolute atomic E-state index is 14.4. The summed E-state index contributed by atoms with van der Waals surface area (Å²) in [4.78, 5) is 44.6. The normalized spacial score (nSPS) is 23.4. The molecule has 3 aliphatic rings. The fourth-order valence-corrected chi connectivity index (χ4v) is 8.17. The van der Waals surface area contributed by atoms with Crippen molar-refractivity contribution in [1.29, 1.82) is 0 Å². The van der Waals surface area contributed by atoms with Crippen molar-refractivity contribution in [2.45, 2.75) is 70.9 Å². The van der Waals surface area contributed by atoms with Crippen molar-refractivity contribution in [2.75, 3.05) is 19.6 Å². The summed E-state index contributed by atoms with van der Waals surface area (Å²) in [6.07, 6.45) is -5.83. The minimum absolute atomic E-state index is 0.0255. The number of carbonyl (C=O) groups is 3. The van der Waals surface area contributed by atoms with Crippen molar-refractivity contribution in [1.82, 2.24) is 23.8 Å². The number of aromatic nitrogens is 1. The van der Waals surface area contributed by atoms with Gasteiger partial charge in [0.2, 0.25) is 5.91 Å². The SMILES string of the molecule is CC(C)(C)OC(=O)N[C@@H]1C[C@H]2CN(S(=O)(=O)N(Cc3ccccc3)C(=O)O)C[C@@]2(C(=O)N2CCc3ncc(C(F)(F)F)cc3C2)C1. The number of amides is 3. The second kappa shape index (κ2) is 12.0. The number of pyridine rings is 1. The van der Waals surface area contributed by atoms with Gasteiger partial charge in [-0.3, -0.25) is 9.78 Å². The molecule has 0 spiro atoms. The monoisotopic (exact) mass is 667 g/mol. The number of hydrogen-bond donors (Lipinski definition) is 2. The molecule has 2 fully saturated rings. The molecule has 2 aromatic rings. The molecule has 250 valence electrons. The quantitative estimate of drug-likeness (QED) is 0.470. The minimum Gasteiger partial charge on any atom is -0.464 e. The number of carbonyl (C=O) groups excluding carboxylic acids is 2. The molecular formula is C30H36F3N5O7S. The second-order valence-corrected chi connectivity index (χ2v) is 14.9. The summed E-state index contributed by atoms with van der Waals surface area (Å²) in [6.45, 7) is 4.07. The van der Waals surface area contributed by atoms with E-state index in [0.717, 1.165) is 16.6 Å². The van der Waals surface area contributed by atoms with Crippen LogP contribution >= 0.6 is 0 Å². The van der Waals surface area contributed by atoms with Gasteiger partial charge in [0, 0.05) is 50.5 Å². The first-order valence-electron chi connectivity index (χ1n) is 14.8.